The van der Waals surface area contributed by atoms with Gasteiger partial charge in [0.15, 0.2) is 0 Å². The van der Waals surface area contributed by atoms with Crippen LogP contribution in [0.3, 0.4) is 0 Å². The van der Waals surface area contributed by atoms with E-state index < -0.39 is 5.41 Å². The van der Waals surface area contributed by atoms with Crippen LogP contribution in [0.2, 0.25) is 0 Å². The van der Waals surface area contributed by atoms with Gasteiger partial charge in [0.05, 0.1) is 31.4 Å². The van der Waals surface area contributed by atoms with Crippen LogP contribution in [0.1, 0.15) is 25.1 Å². The standard InChI is InChI=1S/C13H16N2O3/c1-12(2)10-8(4-5-9(14-10)17-3)13(6-18-7-13)15-11(12)16/h4-5H,6-7H2,1-3H3,(H,15,16). The van der Waals surface area contributed by atoms with Gasteiger partial charge in [-0.1, -0.05) is 0 Å². The van der Waals surface area contributed by atoms with Crippen LogP contribution in [0.5, 0.6) is 5.88 Å². The molecule has 0 bridgehead atoms. The van der Waals surface area contributed by atoms with Crippen molar-refractivity contribution in [2.24, 2.45) is 0 Å². The van der Waals surface area contributed by atoms with E-state index in [1.165, 1.54) is 0 Å². The number of amides is 1. The van der Waals surface area contributed by atoms with Gasteiger partial charge in [0.2, 0.25) is 11.8 Å². The van der Waals surface area contributed by atoms with Gasteiger partial charge in [-0.25, -0.2) is 4.98 Å². The molecule has 1 spiro atoms. The lowest BCUT2D eigenvalue weighted by Gasteiger charge is -2.49. The Balaban J connectivity index is 2.20. The molecule has 1 N–H and O–H groups in total. The molecular weight excluding hydrogens is 232 g/mol. The molecule has 1 fully saturated rings. The third-order valence-corrected chi connectivity index (χ3v) is 3.80. The third kappa shape index (κ3) is 1.31. The average Bonchev–Trinajstić information content (AvgIpc) is 2.31. The number of hydrogen-bond acceptors (Lipinski definition) is 4. The second-order valence-corrected chi connectivity index (χ2v) is 5.40. The van der Waals surface area contributed by atoms with E-state index in [2.05, 4.69) is 10.3 Å². The van der Waals surface area contributed by atoms with Crippen LogP contribution in [-0.4, -0.2) is 31.2 Å². The monoisotopic (exact) mass is 248 g/mol. The van der Waals surface area contributed by atoms with Crippen LogP contribution in [0.15, 0.2) is 12.1 Å². The Morgan fingerprint density at radius 2 is 2.11 bits per heavy atom. The van der Waals surface area contributed by atoms with Crippen molar-refractivity contribution in [1.82, 2.24) is 10.3 Å². The number of aromatic nitrogens is 1. The number of carbonyl (C=O) groups is 1. The quantitative estimate of drug-likeness (QED) is 0.795. The highest BCUT2D eigenvalue weighted by Gasteiger charge is 2.52. The summed E-state index contributed by atoms with van der Waals surface area (Å²) in [5, 5.41) is 3.07. The molecule has 0 unspecified atom stereocenters. The van der Waals surface area contributed by atoms with Crippen molar-refractivity contribution in [1.29, 1.82) is 0 Å². The molecule has 0 saturated carbocycles. The number of nitrogens with one attached hydrogen (secondary N) is 1. The Morgan fingerprint density at radius 1 is 1.39 bits per heavy atom. The molecule has 0 aliphatic carbocycles. The van der Waals surface area contributed by atoms with Crippen LogP contribution in [-0.2, 0) is 20.5 Å². The third-order valence-electron chi connectivity index (χ3n) is 3.80. The van der Waals surface area contributed by atoms with E-state index in [-0.39, 0.29) is 11.4 Å². The van der Waals surface area contributed by atoms with Gasteiger partial charge in [-0.3, -0.25) is 4.79 Å². The van der Waals surface area contributed by atoms with Gasteiger partial charge in [-0.05, 0) is 19.9 Å². The van der Waals surface area contributed by atoms with E-state index in [1.54, 1.807) is 7.11 Å². The minimum Gasteiger partial charge on any atom is -0.481 e. The molecule has 0 radical (unpaired) electrons. The van der Waals surface area contributed by atoms with Crippen molar-refractivity contribution >= 4 is 5.91 Å². The first-order chi connectivity index (χ1) is 8.49. The Kier molecular flexibility index (Phi) is 2.20. The van der Waals surface area contributed by atoms with Gasteiger partial charge in [0.25, 0.3) is 0 Å². The normalized spacial score (nSPS) is 22.9. The summed E-state index contributed by atoms with van der Waals surface area (Å²) in [5.41, 5.74) is 0.791. The maximum atomic E-state index is 12.2. The number of ether oxygens (including phenoxy) is 2. The first-order valence-electron chi connectivity index (χ1n) is 5.96. The van der Waals surface area contributed by atoms with Crippen molar-refractivity contribution in [2.45, 2.75) is 24.8 Å². The van der Waals surface area contributed by atoms with E-state index in [9.17, 15) is 4.79 Å². The molecule has 2 aliphatic rings. The maximum absolute atomic E-state index is 12.2. The van der Waals surface area contributed by atoms with Crippen molar-refractivity contribution in [2.75, 3.05) is 20.3 Å². The van der Waals surface area contributed by atoms with Crippen LogP contribution >= 0.6 is 0 Å². The number of pyridine rings is 1. The molecule has 1 aromatic heterocycles. The number of fused-ring (bicyclic) bond motifs is 2. The van der Waals surface area contributed by atoms with E-state index in [0.29, 0.717) is 19.1 Å². The van der Waals surface area contributed by atoms with Gasteiger partial charge in [-0.15, -0.1) is 0 Å². The summed E-state index contributed by atoms with van der Waals surface area (Å²) in [6.07, 6.45) is 0. The van der Waals surface area contributed by atoms with Crippen LogP contribution in [0.4, 0.5) is 0 Å². The average molecular weight is 248 g/mol. The molecule has 1 saturated heterocycles. The lowest BCUT2D eigenvalue weighted by molar-refractivity contribution is -0.141. The molecular formula is C13H16N2O3. The molecule has 1 amide bonds. The fourth-order valence-electron chi connectivity index (χ4n) is 2.50. The Hall–Kier alpha value is -1.62. The van der Waals surface area contributed by atoms with Gasteiger partial charge >= 0.3 is 0 Å². The molecule has 3 rings (SSSR count). The van der Waals surface area contributed by atoms with E-state index >= 15 is 0 Å². The highest BCUT2D eigenvalue weighted by Crippen LogP contribution is 2.41. The van der Waals surface area contributed by atoms with Crippen molar-refractivity contribution in [3.8, 4) is 5.88 Å². The Bertz CT molecular complexity index is 521. The molecule has 2 aliphatic heterocycles. The molecule has 0 aromatic carbocycles. The molecule has 0 atom stereocenters. The zero-order chi connectivity index (χ0) is 13.0. The fraction of sp³-hybridized carbons (Fsp3) is 0.538. The summed E-state index contributed by atoms with van der Waals surface area (Å²) in [5.74, 6) is 0.519. The minimum absolute atomic E-state index is 0.0148. The molecule has 96 valence electrons. The van der Waals surface area contributed by atoms with Gasteiger partial charge in [0.1, 0.15) is 5.54 Å². The Labute approximate surface area is 105 Å². The van der Waals surface area contributed by atoms with Crippen molar-refractivity contribution in [3.05, 3.63) is 23.4 Å². The summed E-state index contributed by atoms with van der Waals surface area (Å²) >= 11 is 0. The van der Waals surface area contributed by atoms with Gasteiger partial charge in [-0.2, -0.15) is 0 Å². The molecule has 18 heavy (non-hydrogen) atoms. The number of methoxy groups -OCH3 is 1. The number of carbonyl (C=O) groups excluding carboxylic acids is 1. The van der Waals surface area contributed by atoms with E-state index in [4.69, 9.17) is 9.47 Å². The van der Waals surface area contributed by atoms with Crippen LogP contribution in [0, 0.1) is 0 Å². The lowest BCUT2D eigenvalue weighted by atomic mass is 9.73. The number of rotatable bonds is 1. The lowest BCUT2D eigenvalue weighted by Crippen LogP contribution is -2.66. The van der Waals surface area contributed by atoms with Crippen molar-refractivity contribution in [3.63, 3.8) is 0 Å². The van der Waals surface area contributed by atoms with Gasteiger partial charge in [0, 0.05) is 11.6 Å². The topological polar surface area (TPSA) is 60.5 Å². The molecule has 5 heteroatoms. The number of hydrogen-bond donors (Lipinski definition) is 1. The first-order valence-corrected chi connectivity index (χ1v) is 5.96. The Morgan fingerprint density at radius 3 is 2.67 bits per heavy atom. The fourth-order valence-corrected chi connectivity index (χ4v) is 2.50. The van der Waals surface area contributed by atoms with Crippen LogP contribution in [0.25, 0.3) is 0 Å². The number of nitrogens with zero attached hydrogens (tertiary/aromatic N) is 1. The first kappa shape index (κ1) is 11.5. The summed E-state index contributed by atoms with van der Waals surface area (Å²) in [4.78, 5) is 16.7. The predicted molar refractivity (Wildman–Crippen MR) is 64.5 cm³/mol. The smallest absolute Gasteiger partial charge is 0.232 e. The highest BCUT2D eigenvalue weighted by molar-refractivity contribution is 5.90. The van der Waals surface area contributed by atoms with Gasteiger partial charge < -0.3 is 14.8 Å². The second-order valence-electron chi connectivity index (χ2n) is 5.40. The van der Waals surface area contributed by atoms with Crippen LogP contribution < -0.4 is 10.1 Å². The summed E-state index contributed by atoms with van der Waals surface area (Å²) in [6, 6.07) is 3.80. The summed E-state index contributed by atoms with van der Waals surface area (Å²) < 4.78 is 10.4. The van der Waals surface area contributed by atoms with E-state index in [0.717, 1.165) is 11.3 Å². The summed E-state index contributed by atoms with van der Waals surface area (Å²) in [6.45, 7) is 4.77. The molecule has 5 nitrogen and oxygen atoms in total. The maximum Gasteiger partial charge on any atom is 0.232 e. The zero-order valence-corrected chi connectivity index (χ0v) is 10.7. The largest absolute Gasteiger partial charge is 0.481 e. The predicted octanol–water partition coefficient (Wildman–Crippen LogP) is 0.723. The van der Waals surface area contributed by atoms with E-state index in [1.807, 2.05) is 26.0 Å². The SMILES string of the molecule is COc1ccc2c(n1)C(C)(C)C(=O)NC21COC1. The zero-order valence-electron chi connectivity index (χ0n) is 10.7. The minimum atomic E-state index is -0.648. The molecule has 1 aromatic rings. The second kappa shape index (κ2) is 3.45. The highest BCUT2D eigenvalue weighted by atomic mass is 16.5. The molecule has 3 heterocycles. The van der Waals surface area contributed by atoms with Crippen molar-refractivity contribution < 1.29 is 14.3 Å². The summed E-state index contributed by atoms with van der Waals surface area (Å²) in [7, 11) is 1.58.